The minimum atomic E-state index is 0.824. The lowest BCUT2D eigenvalue weighted by Crippen LogP contribution is -2.20. The van der Waals surface area contributed by atoms with E-state index >= 15 is 0 Å². The van der Waals surface area contributed by atoms with Crippen LogP contribution in [-0.4, -0.2) is 21.2 Å². The zero-order valence-electron chi connectivity index (χ0n) is 12.4. The van der Waals surface area contributed by atoms with Gasteiger partial charge in [0.05, 0.1) is 7.11 Å². The Bertz CT molecular complexity index is 554. The highest BCUT2D eigenvalue weighted by molar-refractivity contribution is 5.54. The first-order chi connectivity index (χ1) is 9.76. The predicted molar refractivity (Wildman–Crippen MR) is 84.3 cm³/mol. The molecule has 3 heteroatoms. The molecule has 106 valence electrons. The molecule has 0 radical (unpaired) electrons. The van der Waals surface area contributed by atoms with Crippen LogP contribution >= 0.6 is 0 Å². The van der Waals surface area contributed by atoms with Gasteiger partial charge in [0, 0.05) is 31.4 Å². The fourth-order valence-electron chi connectivity index (χ4n) is 2.40. The van der Waals surface area contributed by atoms with Crippen molar-refractivity contribution in [3.05, 3.63) is 59.7 Å². The van der Waals surface area contributed by atoms with Crippen molar-refractivity contribution in [1.82, 2.24) is 5.32 Å². The molecule has 0 heterocycles. The predicted octanol–water partition coefficient (Wildman–Crippen LogP) is 3.05. The Morgan fingerprint density at radius 1 is 1.00 bits per heavy atom. The first-order valence-electron chi connectivity index (χ1n) is 6.81. The molecule has 0 atom stereocenters. The van der Waals surface area contributed by atoms with Crippen molar-refractivity contribution in [2.75, 3.05) is 26.1 Å². The zero-order chi connectivity index (χ0) is 14.4. The lowest BCUT2D eigenvalue weighted by molar-refractivity contribution is 0.409. The molecule has 0 aromatic heterocycles. The zero-order valence-corrected chi connectivity index (χ0v) is 12.4. The van der Waals surface area contributed by atoms with Crippen LogP contribution in [0, 0.1) is 0 Å². The van der Waals surface area contributed by atoms with Crippen molar-refractivity contribution < 1.29 is 4.74 Å². The van der Waals surface area contributed by atoms with Crippen LogP contribution in [0.25, 0.3) is 0 Å². The van der Waals surface area contributed by atoms with Gasteiger partial charge in [-0.2, -0.15) is 0 Å². The van der Waals surface area contributed by atoms with E-state index in [9.17, 15) is 0 Å². The van der Waals surface area contributed by atoms with E-state index in [1.165, 1.54) is 16.8 Å². The van der Waals surface area contributed by atoms with Gasteiger partial charge < -0.3 is 15.0 Å². The van der Waals surface area contributed by atoms with Crippen LogP contribution in [0.2, 0.25) is 0 Å². The maximum Gasteiger partial charge on any atom is 0.123 e. The van der Waals surface area contributed by atoms with Crippen LogP contribution in [-0.2, 0) is 13.1 Å². The van der Waals surface area contributed by atoms with Gasteiger partial charge >= 0.3 is 0 Å². The SMILES string of the molecule is CNCc1ccccc1N(C)Cc1ccccc1OC. The Labute approximate surface area is 121 Å². The van der Waals surface area contributed by atoms with E-state index in [-0.39, 0.29) is 0 Å². The quantitative estimate of drug-likeness (QED) is 0.873. The molecule has 2 rings (SSSR count). The largest absolute Gasteiger partial charge is 0.496 e. The molecule has 0 saturated carbocycles. The van der Waals surface area contributed by atoms with Crippen LogP contribution < -0.4 is 15.0 Å². The van der Waals surface area contributed by atoms with E-state index in [0.717, 1.165) is 18.8 Å². The summed E-state index contributed by atoms with van der Waals surface area (Å²) in [4.78, 5) is 2.25. The minimum absolute atomic E-state index is 0.824. The number of ether oxygens (including phenoxy) is 1. The Hall–Kier alpha value is -2.00. The topological polar surface area (TPSA) is 24.5 Å². The first kappa shape index (κ1) is 14.4. The van der Waals surface area contributed by atoms with E-state index in [0.29, 0.717) is 0 Å². The van der Waals surface area contributed by atoms with Gasteiger partial charge in [0.25, 0.3) is 0 Å². The van der Waals surface area contributed by atoms with E-state index in [1.807, 2.05) is 25.2 Å². The smallest absolute Gasteiger partial charge is 0.123 e. The minimum Gasteiger partial charge on any atom is -0.496 e. The summed E-state index contributed by atoms with van der Waals surface area (Å²) >= 11 is 0. The molecule has 0 aliphatic carbocycles. The highest BCUT2D eigenvalue weighted by atomic mass is 16.5. The molecule has 20 heavy (non-hydrogen) atoms. The molecular formula is C17H22N2O. The molecule has 0 spiro atoms. The maximum atomic E-state index is 5.42. The molecule has 0 bridgehead atoms. The van der Waals surface area contributed by atoms with E-state index < -0.39 is 0 Å². The monoisotopic (exact) mass is 270 g/mol. The molecule has 0 fully saturated rings. The van der Waals surface area contributed by atoms with Crippen molar-refractivity contribution in [2.45, 2.75) is 13.1 Å². The summed E-state index contributed by atoms with van der Waals surface area (Å²) in [5, 5.41) is 3.21. The molecule has 3 nitrogen and oxygen atoms in total. The molecule has 0 saturated heterocycles. The highest BCUT2D eigenvalue weighted by Gasteiger charge is 2.09. The summed E-state index contributed by atoms with van der Waals surface area (Å²) in [6, 6.07) is 16.6. The van der Waals surface area contributed by atoms with Gasteiger partial charge in [0.2, 0.25) is 0 Å². The fourth-order valence-corrected chi connectivity index (χ4v) is 2.40. The third kappa shape index (κ3) is 3.31. The number of hydrogen-bond acceptors (Lipinski definition) is 3. The van der Waals surface area contributed by atoms with Gasteiger partial charge in [0.1, 0.15) is 5.75 Å². The molecule has 1 N–H and O–H groups in total. The number of nitrogens with zero attached hydrogens (tertiary/aromatic N) is 1. The fraction of sp³-hybridized carbons (Fsp3) is 0.294. The third-order valence-electron chi connectivity index (χ3n) is 3.37. The summed E-state index contributed by atoms with van der Waals surface area (Å²) in [6.45, 7) is 1.69. The second-order valence-corrected chi connectivity index (χ2v) is 4.83. The maximum absolute atomic E-state index is 5.42. The van der Waals surface area contributed by atoms with Crippen LogP contribution in [0.3, 0.4) is 0 Å². The lowest BCUT2D eigenvalue weighted by atomic mass is 10.1. The van der Waals surface area contributed by atoms with Crippen LogP contribution in [0.1, 0.15) is 11.1 Å². The number of anilines is 1. The highest BCUT2D eigenvalue weighted by Crippen LogP contribution is 2.24. The molecule has 0 amide bonds. The molecule has 2 aromatic carbocycles. The van der Waals surface area contributed by atoms with Crippen LogP contribution in [0.15, 0.2) is 48.5 Å². The van der Waals surface area contributed by atoms with Gasteiger partial charge in [-0.1, -0.05) is 36.4 Å². The second kappa shape index (κ2) is 6.96. The summed E-state index contributed by atoms with van der Waals surface area (Å²) in [6.07, 6.45) is 0. The average Bonchev–Trinajstić information content (AvgIpc) is 2.48. The van der Waals surface area contributed by atoms with Crippen LogP contribution in [0.5, 0.6) is 5.75 Å². The number of rotatable bonds is 6. The van der Waals surface area contributed by atoms with Crippen molar-refractivity contribution in [1.29, 1.82) is 0 Å². The number of nitrogens with one attached hydrogen (secondary N) is 1. The number of hydrogen-bond donors (Lipinski definition) is 1. The molecule has 0 aliphatic rings. The van der Waals surface area contributed by atoms with E-state index in [1.54, 1.807) is 7.11 Å². The van der Waals surface area contributed by atoms with Crippen molar-refractivity contribution >= 4 is 5.69 Å². The molecule has 0 aliphatic heterocycles. The molecule has 2 aromatic rings. The summed E-state index contributed by atoms with van der Waals surface area (Å²) in [5.74, 6) is 0.936. The average molecular weight is 270 g/mol. The summed E-state index contributed by atoms with van der Waals surface area (Å²) in [5.41, 5.74) is 3.73. The summed E-state index contributed by atoms with van der Waals surface area (Å²) in [7, 11) is 5.80. The molecular weight excluding hydrogens is 248 g/mol. The number of methoxy groups -OCH3 is 1. The number of para-hydroxylation sites is 2. The standard InChI is InChI=1S/C17H22N2O/c1-18-12-14-8-4-6-10-16(14)19(2)13-15-9-5-7-11-17(15)20-3/h4-11,18H,12-13H2,1-3H3. The lowest BCUT2D eigenvalue weighted by Gasteiger charge is -2.23. The van der Waals surface area contributed by atoms with Gasteiger partial charge in [-0.15, -0.1) is 0 Å². The van der Waals surface area contributed by atoms with Gasteiger partial charge in [-0.25, -0.2) is 0 Å². The first-order valence-corrected chi connectivity index (χ1v) is 6.81. The van der Waals surface area contributed by atoms with Crippen molar-refractivity contribution in [3.8, 4) is 5.75 Å². The Morgan fingerprint density at radius 2 is 1.65 bits per heavy atom. The van der Waals surface area contributed by atoms with E-state index in [4.69, 9.17) is 4.74 Å². The van der Waals surface area contributed by atoms with E-state index in [2.05, 4.69) is 47.6 Å². The van der Waals surface area contributed by atoms with Gasteiger partial charge in [0.15, 0.2) is 0 Å². The van der Waals surface area contributed by atoms with Crippen LogP contribution in [0.4, 0.5) is 5.69 Å². The van der Waals surface area contributed by atoms with Gasteiger partial charge in [-0.05, 0) is 24.7 Å². The normalized spacial score (nSPS) is 10.3. The third-order valence-corrected chi connectivity index (χ3v) is 3.37. The molecule has 0 unspecified atom stereocenters. The Balaban J connectivity index is 2.21. The van der Waals surface area contributed by atoms with Crippen molar-refractivity contribution in [2.24, 2.45) is 0 Å². The second-order valence-electron chi connectivity index (χ2n) is 4.83. The van der Waals surface area contributed by atoms with Crippen molar-refractivity contribution in [3.63, 3.8) is 0 Å². The Kier molecular flexibility index (Phi) is 5.02. The van der Waals surface area contributed by atoms with Gasteiger partial charge in [-0.3, -0.25) is 0 Å². The Morgan fingerprint density at radius 3 is 2.35 bits per heavy atom. The number of benzene rings is 2. The summed E-state index contributed by atoms with van der Waals surface area (Å²) < 4.78 is 5.42.